The molecule has 4 nitrogen and oxygen atoms in total. The SMILES string of the molecule is CNC(=O)C(C)CN(C)CCN. The van der Waals surface area contributed by atoms with Crippen LogP contribution in [0.3, 0.4) is 0 Å². The minimum Gasteiger partial charge on any atom is -0.359 e. The average molecular weight is 173 g/mol. The van der Waals surface area contributed by atoms with Crippen molar-refractivity contribution in [2.24, 2.45) is 11.7 Å². The van der Waals surface area contributed by atoms with Crippen molar-refractivity contribution >= 4 is 5.91 Å². The molecule has 12 heavy (non-hydrogen) atoms. The van der Waals surface area contributed by atoms with Gasteiger partial charge < -0.3 is 16.0 Å². The number of carbonyl (C=O) groups is 1. The van der Waals surface area contributed by atoms with Crippen molar-refractivity contribution in [2.75, 3.05) is 33.7 Å². The van der Waals surface area contributed by atoms with Gasteiger partial charge in [0.1, 0.15) is 0 Å². The van der Waals surface area contributed by atoms with Gasteiger partial charge in [0.2, 0.25) is 5.91 Å². The van der Waals surface area contributed by atoms with Crippen molar-refractivity contribution in [3.63, 3.8) is 0 Å². The van der Waals surface area contributed by atoms with Crippen molar-refractivity contribution in [3.8, 4) is 0 Å². The van der Waals surface area contributed by atoms with Crippen molar-refractivity contribution < 1.29 is 4.79 Å². The number of carbonyl (C=O) groups excluding carboxylic acids is 1. The van der Waals surface area contributed by atoms with Crippen LogP contribution in [0.25, 0.3) is 0 Å². The zero-order chi connectivity index (χ0) is 9.56. The van der Waals surface area contributed by atoms with Crippen LogP contribution in [-0.4, -0.2) is 44.5 Å². The van der Waals surface area contributed by atoms with Crippen molar-refractivity contribution in [3.05, 3.63) is 0 Å². The zero-order valence-corrected chi connectivity index (χ0v) is 8.13. The lowest BCUT2D eigenvalue weighted by Crippen LogP contribution is -2.36. The second-order valence-corrected chi connectivity index (χ2v) is 3.07. The number of hydrogen-bond donors (Lipinski definition) is 2. The monoisotopic (exact) mass is 173 g/mol. The van der Waals surface area contributed by atoms with E-state index in [0.29, 0.717) is 6.54 Å². The third kappa shape index (κ3) is 4.31. The van der Waals surface area contributed by atoms with E-state index in [1.54, 1.807) is 7.05 Å². The summed E-state index contributed by atoms with van der Waals surface area (Å²) in [5, 5.41) is 2.62. The van der Waals surface area contributed by atoms with Gasteiger partial charge in [-0.05, 0) is 7.05 Å². The molecule has 0 saturated carbocycles. The lowest BCUT2D eigenvalue weighted by molar-refractivity contribution is -0.124. The molecule has 0 aliphatic heterocycles. The van der Waals surface area contributed by atoms with Crippen LogP contribution in [-0.2, 0) is 4.79 Å². The molecule has 0 radical (unpaired) electrons. The Morgan fingerprint density at radius 1 is 1.67 bits per heavy atom. The summed E-state index contributed by atoms with van der Waals surface area (Å²) in [7, 11) is 3.62. The highest BCUT2D eigenvalue weighted by atomic mass is 16.1. The summed E-state index contributed by atoms with van der Waals surface area (Å²) in [6.07, 6.45) is 0. The van der Waals surface area contributed by atoms with E-state index in [9.17, 15) is 4.79 Å². The summed E-state index contributed by atoms with van der Waals surface area (Å²) in [5.74, 6) is 0.116. The molecule has 0 bridgehead atoms. The summed E-state index contributed by atoms with van der Waals surface area (Å²) in [4.78, 5) is 13.1. The average Bonchev–Trinajstić information content (AvgIpc) is 2.03. The van der Waals surface area contributed by atoms with Gasteiger partial charge in [0.15, 0.2) is 0 Å². The molecule has 4 heteroatoms. The number of likely N-dealkylation sites (N-methyl/N-ethyl adjacent to an activating group) is 1. The first-order valence-corrected chi connectivity index (χ1v) is 4.22. The van der Waals surface area contributed by atoms with Crippen LogP contribution in [0.4, 0.5) is 0 Å². The lowest BCUT2D eigenvalue weighted by atomic mass is 10.1. The molecule has 0 aliphatic carbocycles. The van der Waals surface area contributed by atoms with Crippen molar-refractivity contribution in [1.29, 1.82) is 0 Å². The molecule has 0 rings (SSSR count). The van der Waals surface area contributed by atoms with Gasteiger partial charge in [-0.2, -0.15) is 0 Å². The smallest absolute Gasteiger partial charge is 0.223 e. The van der Waals surface area contributed by atoms with Gasteiger partial charge in [0.05, 0.1) is 0 Å². The number of hydrogen-bond acceptors (Lipinski definition) is 3. The maximum atomic E-state index is 11.1. The molecule has 1 unspecified atom stereocenters. The van der Waals surface area contributed by atoms with Crippen LogP contribution in [0.5, 0.6) is 0 Å². The summed E-state index contributed by atoms with van der Waals surface area (Å²) in [5.41, 5.74) is 5.37. The molecule has 0 aromatic rings. The van der Waals surface area contributed by atoms with Crippen LogP contribution < -0.4 is 11.1 Å². The number of amides is 1. The van der Waals surface area contributed by atoms with Crippen molar-refractivity contribution in [2.45, 2.75) is 6.92 Å². The quantitative estimate of drug-likeness (QED) is 0.575. The number of nitrogens with one attached hydrogen (secondary N) is 1. The van der Waals surface area contributed by atoms with Crippen molar-refractivity contribution in [1.82, 2.24) is 10.2 Å². The molecular formula is C8H19N3O. The lowest BCUT2D eigenvalue weighted by Gasteiger charge is -2.19. The summed E-state index contributed by atoms with van der Waals surface area (Å²) in [6, 6.07) is 0. The van der Waals surface area contributed by atoms with E-state index in [1.165, 1.54) is 0 Å². The van der Waals surface area contributed by atoms with Gasteiger partial charge in [-0.15, -0.1) is 0 Å². The fraction of sp³-hybridized carbons (Fsp3) is 0.875. The van der Waals surface area contributed by atoms with E-state index < -0.39 is 0 Å². The second-order valence-electron chi connectivity index (χ2n) is 3.07. The summed E-state index contributed by atoms with van der Waals surface area (Å²) >= 11 is 0. The minimum absolute atomic E-state index is 0.0338. The Morgan fingerprint density at radius 3 is 2.67 bits per heavy atom. The first-order valence-electron chi connectivity index (χ1n) is 4.22. The van der Waals surface area contributed by atoms with Crippen LogP contribution >= 0.6 is 0 Å². The first-order chi connectivity index (χ1) is 5.61. The molecule has 0 heterocycles. The van der Waals surface area contributed by atoms with Gasteiger partial charge in [0, 0.05) is 32.6 Å². The maximum Gasteiger partial charge on any atom is 0.223 e. The van der Waals surface area contributed by atoms with Gasteiger partial charge in [-0.1, -0.05) is 6.92 Å². The predicted molar refractivity (Wildman–Crippen MR) is 49.8 cm³/mol. The van der Waals surface area contributed by atoms with Gasteiger partial charge >= 0.3 is 0 Å². The summed E-state index contributed by atoms with van der Waals surface area (Å²) < 4.78 is 0. The Labute approximate surface area is 74.1 Å². The second kappa shape index (κ2) is 5.97. The topological polar surface area (TPSA) is 58.4 Å². The Morgan fingerprint density at radius 2 is 2.25 bits per heavy atom. The largest absolute Gasteiger partial charge is 0.359 e. The first kappa shape index (κ1) is 11.4. The molecule has 0 saturated heterocycles. The molecular weight excluding hydrogens is 154 g/mol. The number of nitrogens with two attached hydrogens (primary N) is 1. The fourth-order valence-corrected chi connectivity index (χ4v) is 1.11. The van der Waals surface area contributed by atoms with Gasteiger partial charge in [0.25, 0.3) is 0 Å². The van der Waals surface area contributed by atoms with E-state index in [0.717, 1.165) is 13.1 Å². The Kier molecular flexibility index (Phi) is 5.66. The van der Waals surface area contributed by atoms with E-state index >= 15 is 0 Å². The minimum atomic E-state index is 0.0338. The highest BCUT2D eigenvalue weighted by Gasteiger charge is 2.12. The predicted octanol–water partition coefficient (Wildman–Crippen LogP) is -0.741. The van der Waals surface area contributed by atoms with E-state index in [4.69, 9.17) is 5.73 Å². The Hall–Kier alpha value is -0.610. The van der Waals surface area contributed by atoms with Crippen LogP contribution in [0.1, 0.15) is 6.92 Å². The molecule has 1 amide bonds. The molecule has 72 valence electrons. The van der Waals surface area contributed by atoms with Crippen LogP contribution in [0.2, 0.25) is 0 Å². The maximum absolute atomic E-state index is 11.1. The molecule has 0 aromatic carbocycles. The van der Waals surface area contributed by atoms with Gasteiger partial charge in [-0.25, -0.2) is 0 Å². The van der Waals surface area contributed by atoms with E-state index in [2.05, 4.69) is 10.2 Å². The van der Waals surface area contributed by atoms with Gasteiger partial charge in [-0.3, -0.25) is 4.79 Å². The zero-order valence-electron chi connectivity index (χ0n) is 8.13. The fourth-order valence-electron chi connectivity index (χ4n) is 1.11. The highest BCUT2D eigenvalue weighted by molar-refractivity contribution is 5.78. The molecule has 0 aromatic heterocycles. The standard InChI is InChI=1S/C8H19N3O/c1-7(8(12)10-2)6-11(3)5-4-9/h7H,4-6,9H2,1-3H3,(H,10,12). The Balaban J connectivity index is 3.67. The summed E-state index contributed by atoms with van der Waals surface area (Å²) in [6.45, 7) is 4.14. The van der Waals surface area contributed by atoms with E-state index in [-0.39, 0.29) is 11.8 Å². The van der Waals surface area contributed by atoms with E-state index in [1.807, 2.05) is 14.0 Å². The highest BCUT2D eigenvalue weighted by Crippen LogP contribution is 1.96. The number of nitrogens with zero attached hydrogens (tertiary/aromatic N) is 1. The van der Waals surface area contributed by atoms with Crippen LogP contribution in [0, 0.1) is 5.92 Å². The number of rotatable bonds is 5. The molecule has 0 fully saturated rings. The third-order valence-corrected chi connectivity index (χ3v) is 1.79. The molecule has 0 aliphatic rings. The molecule has 1 atom stereocenters. The van der Waals surface area contributed by atoms with Crippen LogP contribution in [0.15, 0.2) is 0 Å². The third-order valence-electron chi connectivity index (χ3n) is 1.79. The molecule has 0 spiro atoms. The Bertz CT molecular complexity index is 138. The normalized spacial score (nSPS) is 13.1. The molecule has 3 N–H and O–H groups in total.